The maximum atomic E-state index is 11.8. The molecule has 0 spiro atoms. The quantitative estimate of drug-likeness (QED) is 0.761. The largest absolute Gasteiger partial charge is 0.481 e. The van der Waals surface area contributed by atoms with Crippen LogP contribution in [-0.2, 0) is 4.79 Å². The first-order valence-electron chi connectivity index (χ1n) is 5.67. The second kappa shape index (κ2) is 5.18. The number of carboxylic acid groups (broad SMARTS) is 1. The van der Waals surface area contributed by atoms with Crippen molar-refractivity contribution in [1.29, 1.82) is 0 Å². The Balaban J connectivity index is 2.38. The van der Waals surface area contributed by atoms with E-state index in [-0.39, 0.29) is 18.5 Å². The first-order chi connectivity index (χ1) is 7.40. The van der Waals surface area contributed by atoms with Crippen molar-refractivity contribution in [3.63, 3.8) is 0 Å². The molecule has 92 valence electrons. The first-order valence-corrected chi connectivity index (χ1v) is 5.67. The number of aliphatic carboxylic acids is 1. The van der Waals surface area contributed by atoms with Crippen LogP contribution in [0.3, 0.4) is 0 Å². The summed E-state index contributed by atoms with van der Waals surface area (Å²) in [5.41, 5.74) is 0. The number of carboxylic acids is 1. The summed E-state index contributed by atoms with van der Waals surface area (Å²) in [7, 11) is 0. The van der Waals surface area contributed by atoms with E-state index in [4.69, 9.17) is 5.11 Å². The van der Waals surface area contributed by atoms with Gasteiger partial charge in [-0.2, -0.15) is 0 Å². The van der Waals surface area contributed by atoms with Crippen LogP contribution < -0.4 is 5.32 Å². The molecule has 5 nitrogen and oxygen atoms in total. The van der Waals surface area contributed by atoms with Crippen molar-refractivity contribution >= 4 is 12.0 Å². The minimum absolute atomic E-state index is 0.0370. The Bertz CT molecular complexity index is 270. The van der Waals surface area contributed by atoms with Gasteiger partial charge in [0.2, 0.25) is 0 Å². The SMILES string of the molecule is CC(CC(=O)O)NC(=O)N1CC(C)C(C)C1. The molecule has 3 unspecified atom stereocenters. The number of amides is 2. The maximum Gasteiger partial charge on any atom is 0.317 e. The predicted molar refractivity (Wildman–Crippen MR) is 60.1 cm³/mol. The van der Waals surface area contributed by atoms with Gasteiger partial charge in [-0.3, -0.25) is 4.79 Å². The summed E-state index contributed by atoms with van der Waals surface area (Å²) in [6.45, 7) is 7.46. The Hall–Kier alpha value is -1.26. The number of rotatable bonds is 3. The highest BCUT2D eigenvalue weighted by Crippen LogP contribution is 2.21. The Morgan fingerprint density at radius 1 is 1.38 bits per heavy atom. The van der Waals surface area contributed by atoms with Crippen LogP contribution in [0.15, 0.2) is 0 Å². The zero-order valence-electron chi connectivity index (χ0n) is 10.1. The normalized spacial score (nSPS) is 26.6. The molecule has 5 heteroatoms. The Morgan fingerprint density at radius 2 is 1.88 bits per heavy atom. The lowest BCUT2D eigenvalue weighted by atomic mass is 10.0. The van der Waals surface area contributed by atoms with E-state index in [9.17, 15) is 9.59 Å². The minimum atomic E-state index is -0.893. The summed E-state index contributed by atoms with van der Waals surface area (Å²) in [6, 6.07) is -0.471. The van der Waals surface area contributed by atoms with Gasteiger partial charge in [-0.1, -0.05) is 13.8 Å². The second-order valence-corrected chi connectivity index (χ2v) is 4.81. The minimum Gasteiger partial charge on any atom is -0.481 e. The van der Waals surface area contributed by atoms with Crippen LogP contribution in [0, 0.1) is 11.8 Å². The van der Waals surface area contributed by atoms with Gasteiger partial charge in [-0.05, 0) is 18.8 Å². The van der Waals surface area contributed by atoms with Crippen molar-refractivity contribution in [3.05, 3.63) is 0 Å². The molecular weight excluding hydrogens is 208 g/mol. The molecule has 16 heavy (non-hydrogen) atoms. The number of hydrogen-bond donors (Lipinski definition) is 2. The third kappa shape index (κ3) is 3.40. The summed E-state index contributed by atoms with van der Waals surface area (Å²) in [5, 5.41) is 11.3. The van der Waals surface area contributed by atoms with Crippen molar-refractivity contribution in [1.82, 2.24) is 10.2 Å². The van der Waals surface area contributed by atoms with Gasteiger partial charge in [0.25, 0.3) is 0 Å². The molecule has 1 rings (SSSR count). The number of nitrogens with zero attached hydrogens (tertiary/aromatic N) is 1. The van der Waals surface area contributed by atoms with Gasteiger partial charge >= 0.3 is 12.0 Å². The number of nitrogens with one attached hydrogen (secondary N) is 1. The Morgan fingerprint density at radius 3 is 2.31 bits per heavy atom. The number of carbonyl (C=O) groups is 2. The highest BCUT2D eigenvalue weighted by Gasteiger charge is 2.29. The van der Waals surface area contributed by atoms with E-state index in [0.29, 0.717) is 11.8 Å². The summed E-state index contributed by atoms with van der Waals surface area (Å²) in [5.74, 6) is 0.136. The van der Waals surface area contributed by atoms with Crippen molar-refractivity contribution in [2.45, 2.75) is 33.2 Å². The van der Waals surface area contributed by atoms with Gasteiger partial charge in [-0.15, -0.1) is 0 Å². The molecular formula is C11H20N2O3. The van der Waals surface area contributed by atoms with Crippen molar-refractivity contribution in [2.75, 3.05) is 13.1 Å². The van der Waals surface area contributed by atoms with E-state index in [1.165, 1.54) is 0 Å². The van der Waals surface area contributed by atoms with Crippen molar-refractivity contribution in [2.24, 2.45) is 11.8 Å². The zero-order valence-corrected chi connectivity index (χ0v) is 10.1. The average Bonchev–Trinajstić information content (AvgIpc) is 2.45. The van der Waals surface area contributed by atoms with Crippen LogP contribution in [0.5, 0.6) is 0 Å². The molecule has 2 amide bonds. The van der Waals surface area contributed by atoms with Crippen LogP contribution in [0.2, 0.25) is 0 Å². The summed E-state index contributed by atoms with van der Waals surface area (Å²) >= 11 is 0. The van der Waals surface area contributed by atoms with Gasteiger partial charge in [0.15, 0.2) is 0 Å². The highest BCUT2D eigenvalue weighted by atomic mass is 16.4. The molecule has 1 aliphatic heterocycles. The van der Waals surface area contributed by atoms with Crippen LogP contribution in [0.1, 0.15) is 27.2 Å². The highest BCUT2D eigenvalue weighted by molar-refractivity contribution is 5.76. The molecule has 0 bridgehead atoms. The molecule has 0 saturated carbocycles. The fraction of sp³-hybridized carbons (Fsp3) is 0.818. The molecule has 1 heterocycles. The molecule has 1 fully saturated rings. The number of likely N-dealkylation sites (tertiary alicyclic amines) is 1. The van der Waals surface area contributed by atoms with Crippen LogP contribution in [0.4, 0.5) is 4.79 Å². The molecule has 1 saturated heterocycles. The van der Waals surface area contributed by atoms with Gasteiger partial charge in [0.05, 0.1) is 6.42 Å². The lowest BCUT2D eigenvalue weighted by Crippen LogP contribution is -2.43. The first kappa shape index (κ1) is 12.8. The topological polar surface area (TPSA) is 69.6 Å². The third-order valence-electron chi connectivity index (χ3n) is 3.13. The standard InChI is InChI=1S/C11H20N2O3/c1-7-5-13(6-8(7)2)11(16)12-9(3)4-10(14)15/h7-9H,4-6H2,1-3H3,(H,12,16)(H,14,15). The number of hydrogen-bond acceptors (Lipinski definition) is 2. The van der Waals surface area contributed by atoms with Gasteiger partial charge in [0.1, 0.15) is 0 Å². The van der Waals surface area contributed by atoms with Gasteiger partial charge in [0, 0.05) is 19.1 Å². The lowest BCUT2D eigenvalue weighted by molar-refractivity contribution is -0.137. The van der Waals surface area contributed by atoms with E-state index in [2.05, 4.69) is 19.2 Å². The average molecular weight is 228 g/mol. The third-order valence-corrected chi connectivity index (χ3v) is 3.13. The monoisotopic (exact) mass is 228 g/mol. The molecule has 0 aliphatic carbocycles. The van der Waals surface area contributed by atoms with Crippen LogP contribution in [-0.4, -0.2) is 41.1 Å². The molecule has 0 aromatic heterocycles. The van der Waals surface area contributed by atoms with Gasteiger partial charge < -0.3 is 15.3 Å². The second-order valence-electron chi connectivity index (χ2n) is 4.81. The van der Waals surface area contributed by atoms with Gasteiger partial charge in [-0.25, -0.2) is 4.79 Å². The molecule has 0 aromatic carbocycles. The number of carbonyl (C=O) groups excluding carboxylic acids is 1. The molecule has 0 radical (unpaired) electrons. The molecule has 2 N–H and O–H groups in total. The number of urea groups is 1. The van der Waals surface area contributed by atoms with Crippen LogP contribution in [0.25, 0.3) is 0 Å². The van der Waals surface area contributed by atoms with Crippen molar-refractivity contribution < 1.29 is 14.7 Å². The summed E-state index contributed by atoms with van der Waals surface area (Å²) in [6.07, 6.45) is -0.0370. The fourth-order valence-corrected chi connectivity index (χ4v) is 1.91. The Kier molecular flexibility index (Phi) is 4.15. The lowest BCUT2D eigenvalue weighted by Gasteiger charge is -2.20. The van der Waals surface area contributed by atoms with E-state index in [1.54, 1.807) is 11.8 Å². The molecule has 3 atom stereocenters. The molecule has 1 aliphatic rings. The summed E-state index contributed by atoms with van der Waals surface area (Å²) < 4.78 is 0. The van der Waals surface area contributed by atoms with E-state index < -0.39 is 5.97 Å². The van der Waals surface area contributed by atoms with E-state index in [1.807, 2.05) is 0 Å². The van der Waals surface area contributed by atoms with E-state index >= 15 is 0 Å². The zero-order chi connectivity index (χ0) is 12.3. The van der Waals surface area contributed by atoms with E-state index in [0.717, 1.165) is 13.1 Å². The predicted octanol–water partition coefficient (Wildman–Crippen LogP) is 1.15. The van der Waals surface area contributed by atoms with Crippen LogP contribution >= 0.6 is 0 Å². The Labute approximate surface area is 95.8 Å². The molecule has 0 aromatic rings. The van der Waals surface area contributed by atoms with Crippen molar-refractivity contribution in [3.8, 4) is 0 Å². The smallest absolute Gasteiger partial charge is 0.317 e. The summed E-state index contributed by atoms with van der Waals surface area (Å²) in [4.78, 5) is 24.0. The maximum absolute atomic E-state index is 11.8. The fourth-order valence-electron chi connectivity index (χ4n) is 1.91.